The molecule has 41 heavy (non-hydrogen) atoms. The molecule has 9 rings (SSSR count). The highest BCUT2D eigenvalue weighted by molar-refractivity contribution is 6.15. The topological polar surface area (TPSA) is 26.0 Å². The van der Waals surface area contributed by atoms with Gasteiger partial charge < -0.3 is 4.42 Å². The summed E-state index contributed by atoms with van der Waals surface area (Å²) in [6.45, 7) is 0. The minimum Gasteiger partial charge on any atom is -0.455 e. The number of para-hydroxylation sites is 2. The monoisotopic (exact) mass is 521 g/mol. The quantitative estimate of drug-likeness (QED) is 0.215. The van der Waals surface area contributed by atoms with Crippen molar-refractivity contribution < 1.29 is 4.42 Å². The third-order valence-electron chi connectivity index (χ3n) is 8.52. The van der Waals surface area contributed by atoms with Gasteiger partial charge in [0.15, 0.2) is 0 Å². The van der Waals surface area contributed by atoms with Crippen LogP contribution in [0.2, 0.25) is 0 Å². The molecule has 0 N–H and O–H groups in total. The van der Waals surface area contributed by atoms with Crippen molar-refractivity contribution in [1.29, 1.82) is 0 Å². The molecule has 1 aliphatic carbocycles. The lowest BCUT2D eigenvalue weighted by Gasteiger charge is -2.26. The molecule has 2 heterocycles. The molecule has 6 aromatic carbocycles. The lowest BCUT2D eigenvalue weighted by Crippen LogP contribution is -1.99. The van der Waals surface area contributed by atoms with E-state index in [4.69, 9.17) is 9.40 Å². The van der Waals surface area contributed by atoms with Crippen LogP contribution in [0.15, 0.2) is 144 Å². The molecule has 8 aromatic rings. The highest BCUT2D eigenvalue weighted by Crippen LogP contribution is 2.52. The fraction of sp³-hybridized carbons (Fsp3) is 0. The Bertz CT molecular complexity index is 2320. The third-order valence-corrected chi connectivity index (χ3v) is 8.52. The van der Waals surface area contributed by atoms with Crippen molar-refractivity contribution in [3.8, 4) is 55.6 Å². The first-order chi connectivity index (χ1) is 20.4. The number of nitrogens with zero attached hydrogens (tertiary/aromatic N) is 1. The van der Waals surface area contributed by atoms with Crippen LogP contribution in [0.25, 0.3) is 88.5 Å². The van der Waals surface area contributed by atoms with Crippen molar-refractivity contribution in [3.63, 3.8) is 0 Å². The SMILES string of the molecule is c1ccc2c(c1)-c1ccccc1-c1c(ccc3ncccc13)-c1cccc(-c3cccc4c3oc3ccccc34)c1-2. The molecular formula is C39H23NO. The summed E-state index contributed by atoms with van der Waals surface area (Å²) in [7, 11) is 0. The van der Waals surface area contributed by atoms with E-state index in [-0.39, 0.29) is 0 Å². The van der Waals surface area contributed by atoms with Crippen LogP contribution in [-0.2, 0) is 0 Å². The summed E-state index contributed by atoms with van der Waals surface area (Å²) in [6.07, 6.45) is 1.87. The summed E-state index contributed by atoms with van der Waals surface area (Å²) < 4.78 is 6.55. The molecular weight excluding hydrogens is 498 g/mol. The second-order valence-electron chi connectivity index (χ2n) is 10.7. The van der Waals surface area contributed by atoms with Crippen LogP contribution in [0.3, 0.4) is 0 Å². The van der Waals surface area contributed by atoms with Gasteiger partial charge in [0.1, 0.15) is 11.2 Å². The Kier molecular flexibility index (Phi) is 4.64. The molecule has 2 nitrogen and oxygen atoms in total. The number of hydrogen-bond donors (Lipinski definition) is 0. The molecule has 0 saturated heterocycles. The van der Waals surface area contributed by atoms with Crippen molar-refractivity contribution in [3.05, 3.63) is 140 Å². The first kappa shape index (κ1) is 22.4. The van der Waals surface area contributed by atoms with Crippen molar-refractivity contribution in [2.45, 2.75) is 0 Å². The Morgan fingerprint density at radius 3 is 1.76 bits per heavy atom. The highest BCUT2D eigenvalue weighted by Gasteiger charge is 2.26. The molecule has 0 aliphatic heterocycles. The molecule has 0 unspecified atom stereocenters. The fourth-order valence-corrected chi connectivity index (χ4v) is 6.79. The van der Waals surface area contributed by atoms with Crippen LogP contribution in [0.4, 0.5) is 0 Å². The molecule has 2 aromatic heterocycles. The van der Waals surface area contributed by atoms with Crippen LogP contribution in [0, 0.1) is 0 Å². The van der Waals surface area contributed by atoms with E-state index in [9.17, 15) is 0 Å². The van der Waals surface area contributed by atoms with Gasteiger partial charge in [-0.05, 0) is 68.3 Å². The van der Waals surface area contributed by atoms with E-state index >= 15 is 0 Å². The number of benzene rings is 6. The fourth-order valence-electron chi connectivity index (χ4n) is 6.79. The minimum atomic E-state index is 0.910. The Balaban J connectivity index is 1.47. The van der Waals surface area contributed by atoms with Gasteiger partial charge in [-0.25, -0.2) is 0 Å². The number of aromatic nitrogens is 1. The van der Waals surface area contributed by atoms with E-state index in [0.29, 0.717) is 0 Å². The summed E-state index contributed by atoms with van der Waals surface area (Å²) in [5, 5.41) is 3.44. The third kappa shape index (κ3) is 3.16. The lowest BCUT2D eigenvalue weighted by atomic mass is 9.77. The smallest absolute Gasteiger partial charge is 0.143 e. The predicted molar refractivity (Wildman–Crippen MR) is 170 cm³/mol. The first-order valence-electron chi connectivity index (χ1n) is 14.0. The van der Waals surface area contributed by atoms with Gasteiger partial charge >= 0.3 is 0 Å². The van der Waals surface area contributed by atoms with Crippen molar-refractivity contribution >= 4 is 32.8 Å². The molecule has 0 amide bonds. The van der Waals surface area contributed by atoms with Gasteiger partial charge in [-0.2, -0.15) is 0 Å². The minimum absolute atomic E-state index is 0.910. The van der Waals surface area contributed by atoms with Crippen LogP contribution < -0.4 is 0 Å². The molecule has 0 spiro atoms. The second-order valence-corrected chi connectivity index (χ2v) is 10.7. The second kappa shape index (κ2) is 8.51. The standard InChI is InChI=1S/C39H23NO/c1-3-13-27-24(10-1)25-11-2-4-14-28(25)38-31(21-22-35-34(38)19-9-23-40-35)29-15-7-16-30(37(27)29)33-18-8-17-32-26-12-5-6-20-36(26)41-39(32)33/h1-23H. The zero-order valence-electron chi connectivity index (χ0n) is 22.1. The summed E-state index contributed by atoms with van der Waals surface area (Å²) in [4.78, 5) is 4.72. The number of rotatable bonds is 1. The van der Waals surface area contributed by atoms with Gasteiger partial charge in [-0.1, -0.05) is 115 Å². The zero-order valence-corrected chi connectivity index (χ0v) is 22.1. The Morgan fingerprint density at radius 2 is 0.927 bits per heavy atom. The van der Waals surface area contributed by atoms with Crippen LogP contribution >= 0.6 is 0 Å². The van der Waals surface area contributed by atoms with E-state index in [0.717, 1.165) is 44.0 Å². The maximum Gasteiger partial charge on any atom is 0.143 e. The summed E-state index contributed by atoms with van der Waals surface area (Å²) in [5.74, 6) is 0. The molecule has 1 aliphatic rings. The molecule has 0 bridgehead atoms. The maximum absolute atomic E-state index is 6.55. The van der Waals surface area contributed by atoms with E-state index in [2.05, 4.69) is 121 Å². The van der Waals surface area contributed by atoms with Crippen LogP contribution in [-0.4, -0.2) is 4.98 Å². The predicted octanol–water partition coefficient (Wildman–Crippen LogP) is 10.8. The van der Waals surface area contributed by atoms with Crippen molar-refractivity contribution in [1.82, 2.24) is 4.98 Å². The molecule has 0 radical (unpaired) electrons. The highest BCUT2D eigenvalue weighted by atomic mass is 16.3. The number of hydrogen-bond acceptors (Lipinski definition) is 2. The number of fused-ring (bicyclic) bond motifs is 13. The first-order valence-corrected chi connectivity index (χ1v) is 14.0. The molecule has 0 saturated carbocycles. The van der Waals surface area contributed by atoms with Crippen LogP contribution in [0.1, 0.15) is 0 Å². The van der Waals surface area contributed by atoms with Crippen LogP contribution in [0.5, 0.6) is 0 Å². The summed E-state index contributed by atoms with van der Waals surface area (Å²) in [5.41, 5.74) is 14.8. The lowest BCUT2D eigenvalue weighted by molar-refractivity contribution is 0.670. The van der Waals surface area contributed by atoms with Crippen molar-refractivity contribution in [2.75, 3.05) is 0 Å². The van der Waals surface area contributed by atoms with Gasteiger partial charge in [0, 0.05) is 27.9 Å². The molecule has 0 atom stereocenters. The van der Waals surface area contributed by atoms with Gasteiger partial charge in [0.25, 0.3) is 0 Å². The average molecular weight is 522 g/mol. The summed E-state index contributed by atoms with van der Waals surface area (Å²) >= 11 is 0. The van der Waals surface area contributed by atoms with Gasteiger partial charge in [-0.3, -0.25) is 4.98 Å². The number of pyridine rings is 1. The molecule has 2 heteroatoms. The Morgan fingerprint density at radius 1 is 0.366 bits per heavy atom. The van der Waals surface area contributed by atoms with Gasteiger partial charge in [0.05, 0.1) is 5.52 Å². The zero-order chi connectivity index (χ0) is 26.9. The molecule has 190 valence electrons. The normalized spacial score (nSPS) is 11.9. The van der Waals surface area contributed by atoms with Crippen molar-refractivity contribution in [2.24, 2.45) is 0 Å². The molecule has 0 fully saturated rings. The van der Waals surface area contributed by atoms with E-state index < -0.39 is 0 Å². The average Bonchev–Trinajstić information content (AvgIpc) is 3.42. The Hall–Kier alpha value is -5.47. The largest absolute Gasteiger partial charge is 0.455 e. The summed E-state index contributed by atoms with van der Waals surface area (Å²) in [6, 6.07) is 47.7. The maximum atomic E-state index is 6.55. The van der Waals surface area contributed by atoms with E-state index in [1.54, 1.807) is 0 Å². The van der Waals surface area contributed by atoms with E-state index in [1.165, 1.54) is 44.5 Å². The number of furan rings is 1. The van der Waals surface area contributed by atoms with Gasteiger partial charge in [-0.15, -0.1) is 0 Å². The Labute approximate surface area is 237 Å². The van der Waals surface area contributed by atoms with Gasteiger partial charge in [0.2, 0.25) is 0 Å². The van der Waals surface area contributed by atoms with E-state index in [1.807, 2.05) is 18.3 Å².